The van der Waals surface area contributed by atoms with E-state index < -0.39 is 17.8 Å². The maximum absolute atomic E-state index is 12.1. The molecule has 2 amide bonds. The minimum absolute atomic E-state index is 0.191. The van der Waals surface area contributed by atoms with Gasteiger partial charge in [0.1, 0.15) is 10.8 Å². The fourth-order valence-corrected chi connectivity index (χ4v) is 3.59. The largest absolute Gasteiger partial charge is 0.423 e. The number of hydrogen-bond donors (Lipinski definition) is 2. The van der Waals surface area contributed by atoms with E-state index in [1.807, 2.05) is 30.3 Å². The first-order valence-electron chi connectivity index (χ1n) is 10.1. The summed E-state index contributed by atoms with van der Waals surface area (Å²) in [5.74, 6) is -2.08. The monoisotopic (exact) mass is 505 g/mol. The van der Waals surface area contributed by atoms with E-state index in [0.717, 1.165) is 16.9 Å². The molecule has 0 saturated heterocycles. The summed E-state index contributed by atoms with van der Waals surface area (Å²) in [6.07, 6.45) is 1.34. The molecule has 0 fully saturated rings. The number of ether oxygens (including phenoxy) is 1. The third-order valence-corrected chi connectivity index (χ3v) is 5.56. The second kappa shape index (κ2) is 11.1. The van der Waals surface area contributed by atoms with Gasteiger partial charge in [-0.25, -0.2) is 10.2 Å². The molecule has 0 unspecified atom stereocenters. The van der Waals surface area contributed by atoms with Crippen molar-refractivity contribution in [2.45, 2.75) is 0 Å². The predicted octanol–water partition coefficient (Wildman–Crippen LogP) is 4.17. The number of anilines is 1. The van der Waals surface area contributed by atoms with Crippen LogP contribution in [0.4, 0.5) is 5.13 Å². The Hall–Kier alpha value is -4.41. The van der Waals surface area contributed by atoms with E-state index in [1.165, 1.54) is 6.21 Å². The van der Waals surface area contributed by atoms with Crippen LogP contribution in [-0.4, -0.2) is 34.2 Å². The number of nitrogens with zero attached hydrogens (tertiary/aromatic N) is 3. The quantitative estimate of drug-likeness (QED) is 0.133. The molecule has 4 rings (SSSR count). The molecule has 0 atom stereocenters. The lowest BCUT2D eigenvalue weighted by atomic mass is 10.2. The molecule has 1 heterocycles. The Bertz CT molecular complexity index is 1370. The van der Waals surface area contributed by atoms with Gasteiger partial charge in [-0.1, -0.05) is 53.3 Å². The van der Waals surface area contributed by atoms with Gasteiger partial charge in [-0.2, -0.15) is 5.10 Å². The number of hydrazone groups is 1. The van der Waals surface area contributed by atoms with Gasteiger partial charge in [-0.15, -0.1) is 10.2 Å². The van der Waals surface area contributed by atoms with Crippen molar-refractivity contribution in [3.05, 3.63) is 95.0 Å². The van der Waals surface area contributed by atoms with Crippen LogP contribution >= 0.6 is 22.9 Å². The van der Waals surface area contributed by atoms with Crippen LogP contribution in [0.5, 0.6) is 5.75 Å². The van der Waals surface area contributed by atoms with Gasteiger partial charge in [0.2, 0.25) is 5.13 Å². The van der Waals surface area contributed by atoms with E-state index >= 15 is 0 Å². The number of nitrogens with one attached hydrogen (secondary N) is 2. The van der Waals surface area contributed by atoms with Crippen molar-refractivity contribution in [2.24, 2.45) is 5.10 Å². The van der Waals surface area contributed by atoms with Gasteiger partial charge in [0.15, 0.2) is 0 Å². The van der Waals surface area contributed by atoms with Crippen molar-refractivity contribution < 1.29 is 19.1 Å². The van der Waals surface area contributed by atoms with Crippen LogP contribution in [0.2, 0.25) is 5.02 Å². The van der Waals surface area contributed by atoms with E-state index in [4.69, 9.17) is 16.3 Å². The number of rotatable bonds is 6. The minimum atomic E-state index is -0.966. The molecule has 0 aliphatic rings. The molecular weight excluding hydrogens is 490 g/mol. The van der Waals surface area contributed by atoms with Crippen molar-refractivity contribution in [1.29, 1.82) is 0 Å². The predicted molar refractivity (Wildman–Crippen MR) is 133 cm³/mol. The van der Waals surface area contributed by atoms with Crippen LogP contribution in [0.25, 0.3) is 10.6 Å². The highest BCUT2D eigenvalue weighted by molar-refractivity contribution is 7.18. The summed E-state index contributed by atoms with van der Waals surface area (Å²) < 4.78 is 5.30. The molecule has 0 bridgehead atoms. The molecule has 1 aromatic heterocycles. The molecule has 0 aliphatic heterocycles. The van der Waals surface area contributed by atoms with Crippen molar-refractivity contribution in [2.75, 3.05) is 5.32 Å². The Morgan fingerprint density at radius 1 is 0.886 bits per heavy atom. The van der Waals surface area contributed by atoms with E-state index in [1.54, 1.807) is 48.5 Å². The Balaban J connectivity index is 1.26. The first-order valence-corrected chi connectivity index (χ1v) is 11.3. The third kappa shape index (κ3) is 6.56. The van der Waals surface area contributed by atoms with Gasteiger partial charge >= 0.3 is 17.8 Å². The maximum atomic E-state index is 12.1. The van der Waals surface area contributed by atoms with Crippen molar-refractivity contribution in [3.63, 3.8) is 0 Å². The lowest BCUT2D eigenvalue weighted by molar-refractivity contribution is -0.136. The summed E-state index contributed by atoms with van der Waals surface area (Å²) in [5, 5.41) is 15.3. The minimum Gasteiger partial charge on any atom is -0.423 e. The average Bonchev–Trinajstić information content (AvgIpc) is 3.34. The van der Waals surface area contributed by atoms with E-state index in [2.05, 4.69) is 26.0 Å². The molecule has 4 aromatic rings. The van der Waals surface area contributed by atoms with Crippen LogP contribution < -0.4 is 15.5 Å². The highest BCUT2D eigenvalue weighted by atomic mass is 35.5. The third-order valence-electron chi connectivity index (χ3n) is 4.42. The van der Waals surface area contributed by atoms with E-state index in [9.17, 15) is 14.4 Å². The zero-order valence-corrected chi connectivity index (χ0v) is 19.4. The van der Waals surface area contributed by atoms with Gasteiger partial charge in [0.05, 0.1) is 11.8 Å². The number of aromatic nitrogens is 2. The van der Waals surface area contributed by atoms with Crippen molar-refractivity contribution in [1.82, 2.24) is 15.6 Å². The maximum Gasteiger partial charge on any atom is 0.343 e. The zero-order valence-electron chi connectivity index (χ0n) is 17.8. The van der Waals surface area contributed by atoms with E-state index in [0.29, 0.717) is 26.9 Å². The van der Waals surface area contributed by atoms with Crippen LogP contribution in [0.3, 0.4) is 0 Å². The summed E-state index contributed by atoms with van der Waals surface area (Å²) in [5.41, 5.74) is 3.97. The Kier molecular flexibility index (Phi) is 7.56. The second-order valence-electron chi connectivity index (χ2n) is 6.90. The summed E-state index contributed by atoms with van der Waals surface area (Å²) in [7, 11) is 0. The van der Waals surface area contributed by atoms with E-state index in [-0.39, 0.29) is 5.13 Å². The molecule has 174 valence electrons. The van der Waals surface area contributed by atoms with Gasteiger partial charge in [0.25, 0.3) is 0 Å². The Morgan fingerprint density at radius 2 is 1.60 bits per heavy atom. The fourth-order valence-electron chi connectivity index (χ4n) is 2.72. The number of amides is 2. The number of halogens is 1. The number of carbonyl (C=O) groups is 3. The Labute approximate surface area is 208 Å². The number of hydrogen-bond acceptors (Lipinski definition) is 8. The molecule has 0 saturated carbocycles. The summed E-state index contributed by atoms with van der Waals surface area (Å²) >= 11 is 6.96. The first kappa shape index (κ1) is 23.7. The first-order chi connectivity index (χ1) is 17.0. The molecule has 3 aromatic carbocycles. The molecule has 0 aliphatic carbocycles. The highest BCUT2D eigenvalue weighted by Crippen LogP contribution is 2.25. The van der Waals surface area contributed by atoms with Crippen LogP contribution in [0.15, 0.2) is 84.0 Å². The summed E-state index contributed by atoms with van der Waals surface area (Å²) in [6, 6.07) is 22.1. The van der Waals surface area contributed by atoms with Gasteiger partial charge in [0, 0.05) is 10.6 Å². The molecule has 0 radical (unpaired) electrons. The molecule has 11 heteroatoms. The molecular formula is C24H16ClN5O4S. The summed E-state index contributed by atoms with van der Waals surface area (Å²) in [4.78, 5) is 36.2. The van der Waals surface area contributed by atoms with Crippen LogP contribution in [0.1, 0.15) is 15.9 Å². The summed E-state index contributed by atoms with van der Waals surface area (Å²) in [6.45, 7) is 0. The highest BCUT2D eigenvalue weighted by Gasteiger charge is 2.16. The molecule has 2 N–H and O–H groups in total. The lowest BCUT2D eigenvalue weighted by Gasteiger charge is -2.04. The fraction of sp³-hybridized carbons (Fsp3) is 0. The molecule has 9 nitrogen and oxygen atoms in total. The smallest absolute Gasteiger partial charge is 0.343 e. The number of carbonyl (C=O) groups excluding carboxylic acids is 3. The van der Waals surface area contributed by atoms with Gasteiger partial charge in [-0.3, -0.25) is 14.9 Å². The topological polar surface area (TPSA) is 123 Å². The number of benzene rings is 3. The van der Waals surface area contributed by atoms with Gasteiger partial charge in [-0.05, 0) is 54.1 Å². The Morgan fingerprint density at radius 3 is 2.31 bits per heavy atom. The van der Waals surface area contributed by atoms with Gasteiger partial charge < -0.3 is 4.74 Å². The van der Waals surface area contributed by atoms with Crippen LogP contribution in [0, 0.1) is 0 Å². The van der Waals surface area contributed by atoms with Crippen molar-refractivity contribution in [3.8, 4) is 16.3 Å². The standard InChI is InChI=1S/C24H16ClN5O4S/c25-18-10-8-17(9-11-18)23(33)34-19-12-6-15(7-13-19)14-26-28-21(32)20(31)27-24-30-29-22(35-24)16-4-2-1-3-5-16/h1-14H,(H,28,32)(H,27,30,31). The molecule has 35 heavy (non-hydrogen) atoms. The number of esters is 1. The second-order valence-corrected chi connectivity index (χ2v) is 8.31. The van der Waals surface area contributed by atoms with Crippen molar-refractivity contribution >= 4 is 52.1 Å². The zero-order chi connectivity index (χ0) is 24.6. The normalized spacial score (nSPS) is 10.7. The van der Waals surface area contributed by atoms with Crippen LogP contribution in [-0.2, 0) is 9.59 Å². The SMILES string of the molecule is O=C(NN=Cc1ccc(OC(=O)c2ccc(Cl)cc2)cc1)C(=O)Nc1nnc(-c2ccccc2)s1. The lowest BCUT2D eigenvalue weighted by Crippen LogP contribution is -2.32. The molecule has 0 spiro atoms. The average molecular weight is 506 g/mol.